The fourth-order valence-electron chi connectivity index (χ4n) is 1.20. The molecule has 0 bridgehead atoms. The molecular weight excluding hydrogens is 288 g/mol. The Morgan fingerprint density at radius 3 is 3.06 bits per heavy atom. The number of rotatable bonds is 5. The minimum atomic E-state index is -0.929. The molecule has 0 fully saturated rings. The van der Waals surface area contributed by atoms with E-state index >= 15 is 0 Å². The van der Waals surface area contributed by atoms with Crippen LogP contribution in [0.1, 0.15) is 15.4 Å². The van der Waals surface area contributed by atoms with E-state index in [-0.39, 0.29) is 0 Å². The zero-order valence-electron chi connectivity index (χ0n) is 9.49. The Morgan fingerprint density at radius 1 is 1.56 bits per heavy atom. The third kappa shape index (κ3) is 3.94. The number of aromatic nitrogens is 2. The zero-order chi connectivity index (χ0) is 13.0. The van der Waals surface area contributed by atoms with Gasteiger partial charge < -0.3 is 5.11 Å². The van der Waals surface area contributed by atoms with Gasteiger partial charge in [-0.2, -0.15) is 0 Å². The average Bonchev–Trinajstić information content (AvgIpc) is 2.93. The highest BCUT2D eigenvalue weighted by Gasteiger charge is 2.03. The summed E-state index contributed by atoms with van der Waals surface area (Å²) < 4.78 is 0.962. The first-order valence-corrected chi connectivity index (χ1v) is 7.73. The van der Waals surface area contributed by atoms with Crippen LogP contribution in [0.5, 0.6) is 0 Å². The normalized spacial score (nSPS) is 11.2. The Morgan fingerprint density at radius 2 is 2.39 bits per heavy atom. The lowest BCUT2D eigenvalue weighted by Gasteiger charge is -1.91. The smallest absolute Gasteiger partial charge is 0.328 e. The number of thiophene rings is 1. The summed E-state index contributed by atoms with van der Waals surface area (Å²) in [5, 5.41) is 19.4. The number of carbonyl (C=O) groups is 1. The van der Waals surface area contributed by atoms with E-state index in [9.17, 15) is 4.79 Å². The molecule has 1 N–H and O–H groups in total. The van der Waals surface area contributed by atoms with Crippen molar-refractivity contribution in [1.29, 1.82) is 0 Å². The SMILES string of the molecule is Cc1nnc(SCc2cc(C=CC(=O)O)cs2)s1. The summed E-state index contributed by atoms with van der Waals surface area (Å²) in [5.74, 6) is -0.0957. The molecule has 4 nitrogen and oxygen atoms in total. The summed E-state index contributed by atoms with van der Waals surface area (Å²) >= 11 is 4.85. The average molecular weight is 298 g/mol. The van der Waals surface area contributed by atoms with Crippen molar-refractivity contribution in [3.63, 3.8) is 0 Å². The van der Waals surface area contributed by atoms with Crippen LogP contribution in [-0.2, 0) is 10.5 Å². The Kier molecular flexibility index (Phi) is 4.51. The summed E-state index contributed by atoms with van der Waals surface area (Å²) in [6, 6.07) is 1.99. The molecule has 0 radical (unpaired) electrons. The summed E-state index contributed by atoms with van der Waals surface area (Å²) in [4.78, 5) is 11.6. The van der Waals surface area contributed by atoms with E-state index in [4.69, 9.17) is 5.11 Å². The van der Waals surface area contributed by atoms with Crippen LogP contribution >= 0.6 is 34.4 Å². The largest absolute Gasteiger partial charge is 0.478 e. The topological polar surface area (TPSA) is 63.1 Å². The Bertz CT molecular complexity index is 574. The number of aryl methyl sites for hydroxylation is 1. The fraction of sp³-hybridized carbons (Fsp3) is 0.182. The van der Waals surface area contributed by atoms with Gasteiger partial charge in [0, 0.05) is 16.7 Å². The molecule has 0 aliphatic carbocycles. The van der Waals surface area contributed by atoms with E-state index in [0.717, 1.165) is 26.7 Å². The van der Waals surface area contributed by atoms with Gasteiger partial charge in [0.2, 0.25) is 0 Å². The van der Waals surface area contributed by atoms with Gasteiger partial charge in [-0.3, -0.25) is 0 Å². The van der Waals surface area contributed by atoms with Gasteiger partial charge in [0.15, 0.2) is 4.34 Å². The van der Waals surface area contributed by atoms with Crippen LogP contribution < -0.4 is 0 Å². The van der Waals surface area contributed by atoms with Gasteiger partial charge in [-0.05, 0) is 30.0 Å². The molecule has 0 amide bonds. The molecule has 2 rings (SSSR count). The predicted octanol–water partition coefficient (Wildman–Crippen LogP) is 3.30. The van der Waals surface area contributed by atoms with Gasteiger partial charge in [0.05, 0.1) is 0 Å². The second-order valence-electron chi connectivity index (χ2n) is 3.39. The van der Waals surface area contributed by atoms with Gasteiger partial charge in [0.25, 0.3) is 0 Å². The summed E-state index contributed by atoms with van der Waals surface area (Å²) in [7, 11) is 0. The van der Waals surface area contributed by atoms with Crippen molar-refractivity contribution in [2.24, 2.45) is 0 Å². The quantitative estimate of drug-likeness (QED) is 0.678. The molecule has 0 unspecified atom stereocenters. The lowest BCUT2D eigenvalue weighted by atomic mass is 10.3. The van der Waals surface area contributed by atoms with Crippen molar-refractivity contribution >= 4 is 46.5 Å². The van der Waals surface area contributed by atoms with E-state index in [1.807, 2.05) is 18.4 Å². The van der Waals surface area contributed by atoms with E-state index < -0.39 is 5.97 Å². The van der Waals surface area contributed by atoms with Crippen LogP contribution in [0.15, 0.2) is 21.9 Å². The highest BCUT2D eigenvalue weighted by molar-refractivity contribution is 8.00. The van der Waals surface area contributed by atoms with Gasteiger partial charge >= 0.3 is 5.97 Å². The maximum Gasteiger partial charge on any atom is 0.328 e. The summed E-state index contributed by atoms with van der Waals surface area (Å²) in [5.41, 5.74) is 0.923. The molecule has 0 aliphatic rings. The van der Waals surface area contributed by atoms with E-state index in [1.54, 1.807) is 40.5 Å². The molecule has 7 heteroatoms. The lowest BCUT2D eigenvalue weighted by Crippen LogP contribution is -1.84. The number of thioether (sulfide) groups is 1. The van der Waals surface area contributed by atoms with Crippen molar-refractivity contribution in [3.8, 4) is 0 Å². The highest BCUT2D eigenvalue weighted by atomic mass is 32.2. The van der Waals surface area contributed by atoms with Crippen molar-refractivity contribution in [3.05, 3.63) is 33.0 Å². The molecule has 94 valence electrons. The van der Waals surface area contributed by atoms with Crippen LogP contribution in [0.3, 0.4) is 0 Å². The van der Waals surface area contributed by atoms with E-state index in [0.29, 0.717) is 0 Å². The second-order valence-corrected chi connectivity index (χ2v) is 6.79. The lowest BCUT2D eigenvalue weighted by molar-refractivity contribution is -0.131. The molecule has 0 saturated carbocycles. The zero-order valence-corrected chi connectivity index (χ0v) is 11.9. The molecule has 18 heavy (non-hydrogen) atoms. The Balaban J connectivity index is 1.92. The predicted molar refractivity (Wildman–Crippen MR) is 75.2 cm³/mol. The van der Waals surface area contributed by atoms with Gasteiger partial charge in [-0.15, -0.1) is 21.5 Å². The van der Waals surface area contributed by atoms with Gasteiger partial charge in [-0.25, -0.2) is 4.79 Å². The maximum atomic E-state index is 10.4. The first kappa shape index (κ1) is 13.3. The van der Waals surface area contributed by atoms with Crippen molar-refractivity contribution in [2.45, 2.75) is 17.0 Å². The van der Waals surface area contributed by atoms with Crippen LogP contribution in [0, 0.1) is 6.92 Å². The summed E-state index contributed by atoms with van der Waals surface area (Å²) in [6.07, 6.45) is 2.75. The third-order valence-corrected chi connectivity index (χ3v) is 5.10. The number of carboxylic acid groups (broad SMARTS) is 1. The number of aliphatic carboxylic acids is 1. The first-order chi connectivity index (χ1) is 8.63. The van der Waals surface area contributed by atoms with Crippen LogP contribution in [0.2, 0.25) is 0 Å². The number of hydrogen-bond acceptors (Lipinski definition) is 6. The molecule has 0 spiro atoms. The van der Waals surface area contributed by atoms with E-state index in [2.05, 4.69) is 10.2 Å². The van der Waals surface area contributed by atoms with Crippen LogP contribution in [0.25, 0.3) is 6.08 Å². The Hall–Kier alpha value is -1.18. The van der Waals surface area contributed by atoms with Gasteiger partial charge in [-0.1, -0.05) is 23.1 Å². The molecule has 2 aromatic heterocycles. The van der Waals surface area contributed by atoms with Crippen molar-refractivity contribution < 1.29 is 9.90 Å². The Labute approximate surface area is 116 Å². The molecule has 2 heterocycles. The molecule has 0 aliphatic heterocycles. The molecule has 0 saturated heterocycles. The first-order valence-electron chi connectivity index (χ1n) is 5.05. The summed E-state index contributed by atoms with van der Waals surface area (Å²) in [6.45, 7) is 1.93. The van der Waals surface area contributed by atoms with Gasteiger partial charge in [0.1, 0.15) is 5.01 Å². The third-order valence-electron chi connectivity index (χ3n) is 1.94. The fourth-order valence-corrected chi connectivity index (χ4v) is 3.92. The second kappa shape index (κ2) is 6.12. The molecule has 0 aromatic carbocycles. The number of hydrogen-bond donors (Lipinski definition) is 1. The molecule has 0 atom stereocenters. The maximum absolute atomic E-state index is 10.4. The molecule has 2 aromatic rings. The standard InChI is InChI=1S/C11H10N2O2S3/c1-7-12-13-11(18-7)17-6-9-4-8(5-16-9)2-3-10(14)15/h2-5H,6H2,1H3,(H,14,15). The van der Waals surface area contributed by atoms with Crippen molar-refractivity contribution in [1.82, 2.24) is 10.2 Å². The van der Waals surface area contributed by atoms with Crippen LogP contribution in [-0.4, -0.2) is 21.3 Å². The monoisotopic (exact) mass is 298 g/mol. The van der Waals surface area contributed by atoms with Crippen LogP contribution in [0.4, 0.5) is 0 Å². The molecular formula is C11H10N2O2S3. The minimum Gasteiger partial charge on any atom is -0.478 e. The number of carboxylic acids is 1. The van der Waals surface area contributed by atoms with E-state index in [1.165, 1.54) is 4.88 Å². The number of nitrogens with zero attached hydrogens (tertiary/aromatic N) is 2. The highest BCUT2D eigenvalue weighted by Crippen LogP contribution is 2.28. The minimum absolute atomic E-state index is 0.834. The van der Waals surface area contributed by atoms with Crippen molar-refractivity contribution in [2.75, 3.05) is 0 Å².